The third-order valence-electron chi connectivity index (χ3n) is 7.94. The van der Waals surface area contributed by atoms with E-state index in [1.165, 1.54) is 17.0 Å². The van der Waals surface area contributed by atoms with Crippen LogP contribution in [0, 0.1) is 0 Å². The zero-order valence-electron chi connectivity index (χ0n) is 25.9. The van der Waals surface area contributed by atoms with Gasteiger partial charge in [-0.3, -0.25) is 15.1 Å². The number of hydroxylamine groups is 1. The van der Waals surface area contributed by atoms with E-state index in [4.69, 9.17) is 9.57 Å². The van der Waals surface area contributed by atoms with Crippen molar-refractivity contribution < 1.29 is 36.0 Å². The molecule has 12 nitrogen and oxygen atoms in total. The molecule has 4 atom stereocenters. The number of nitrogens with one attached hydrogen (secondary N) is 3. The molecular formula is C31H42N4O8S3. The lowest BCUT2D eigenvalue weighted by molar-refractivity contribution is -0.123. The van der Waals surface area contributed by atoms with Gasteiger partial charge in [-0.05, 0) is 50.0 Å². The Morgan fingerprint density at radius 1 is 0.978 bits per heavy atom. The number of thiol groups is 1. The zero-order chi connectivity index (χ0) is 33.3. The largest absolute Gasteiger partial charge is 0.378 e. The summed E-state index contributed by atoms with van der Waals surface area (Å²) in [6, 6.07) is 14.6. The molecule has 0 radical (unpaired) electrons. The molecule has 2 aromatic carbocycles. The average molecular weight is 695 g/mol. The Bertz CT molecular complexity index is 1580. The van der Waals surface area contributed by atoms with Gasteiger partial charge in [-0.2, -0.15) is 12.6 Å². The van der Waals surface area contributed by atoms with E-state index in [0.29, 0.717) is 37.3 Å². The molecule has 0 spiro atoms. The molecule has 0 bridgehead atoms. The SMILES string of the molecule is CC1=C(CS(=O)(=O)C[C@H](NC(=O)N2CCOCC2)C(=O)N[C@@H](CCc2ccccc2)[C@H](S)CS(=O)(=O)c2ccccc2)C(C)ON1. The van der Waals surface area contributed by atoms with Gasteiger partial charge in [0.25, 0.3) is 0 Å². The highest BCUT2D eigenvalue weighted by Crippen LogP contribution is 2.21. The van der Waals surface area contributed by atoms with Gasteiger partial charge in [-0.25, -0.2) is 21.6 Å². The number of ether oxygens (including phenoxy) is 1. The highest BCUT2D eigenvalue weighted by atomic mass is 32.2. The topological polar surface area (TPSA) is 160 Å². The summed E-state index contributed by atoms with van der Waals surface area (Å²) in [5.74, 6) is -2.17. The zero-order valence-corrected chi connectivity index (χ0v) is 28.5. The number of aryl methyl sites for hydroxylation is 1. The quantitative estimate of drug-likeness (QED) is 0.217. The summed E-state index contributed by atoms with van der Waals surface area (Å²) in [5, 5.41) is 4.62. The summed E-state index contributed by atoms with van der Waals surface area (Å²) in [6.45, 7) is 4.63. The Morgan fingerprint density at radius 2 is 1.61 bits per heavy atom. The molecule has 1 unspecified atom stereocenters. The van der Waals surface area contributed by atoms with E-state index in [0.717, 1.165) is 5.56 Å². The average Bonchev–Trinajstić information content (AvgIpc) is 3.35. The minimum Gasteiger partial charge on any atom is -0.378 e. The van der Waals surface area contributed by atoms with Gasteiger partial charge in [0, 0.05) is 30.1 Å². The van der Waals surface area contributed by atoms with Gasteiger partial charge >= 0.3 is 6.03 Å². The lowest BCUT2D eigenvalue weighted by Gasteiger charge is -2.30. The molecule has 0 aliphatic carbocycles. The monoisotopic (exact) mass is 694 g/mol. The second kappa shape index (κ2) is 16.1. The fourth-order valence-corrected chi connectivity index (χ4v) is 9.30. The van der Waals surface area contributed by atoms with Crippen LogP contribution in [0.1, 0.15) is 25.8 Å². The molecule has 0 saturated carbocycles. The molecule has 252 valence electrons. The van der Waals surface area contributed by atoms with Crippen molar-refractivity contribution in [3.8, 4) is 0 Å². The molecule has 3 amide bonds. The lowest BCUT2D eigenvalue weighted by Crippen LogP contribution is -2.58. The molecule has 0 aromatic heterocycles. The molecule has 4 rings (SSSR count). The van der Waals surface area contributed by atoms with Crippen LogP contribution in [0.2, 0.25) is 0 Å². The molecule has 2 aromatic rings. The number of rotatable bonds is 14. The molecule has 1 fully saturated rings. The minimum absolute atomic E-state index is 0.133. The number of benzene rings is 2. The van der Waals surface area contributed by atoms with Gasteiger partial charge in [0.05, 0.1) is 35.4 Å². The number of allylic oxidation sites excluding steroid dienone is 1. The predicted octanol–water partition coefficient (Wildman–Crippen LogP) is 1.90. The van der Waals surface area contributed by atoms with E-state index in [9.17, 15) is 26.4 Å². The lowest BCUT2D eigenvalue weighted by atomic mass is 10.0. The maximum Gasteiger partial charge on any atom is 0.318 e. The third kappa shape index (κ3) is 10.2. The van der Waals surface area contributed by atoms with E-state index >= 15 is 0 Å². The van der Waals surface area contributed by atoms with Crippen molar-refractivity contribution in [2.24, 2.45) is 0 Å². The van der Waals surface area contributed by atoms with Crippen molar-refractivity contribution in [1.29, 1.82) is 0 Å². The van der Waals surface area contributed by atoms with Crippen LogP contribution < -0.4 is 16.1 Å². The molecule has 2 aliphatic heterocycles. The minimum atomic E-state index is -3.94. The standard InChI is InChI=1S/C31H42N4O8S3/c1-22-26(23(2)43-34-22)19-45(38,39)20-28(33-31(37)35-15-17-42-18-16-35)30(36)32-27(14-13-24-9-5-3-6-10-24)29(44)21-46(40,41)25-11-7-4-8-12-25/h3-12,23,27-29,34,44H,13-21H2,1-2H3,(H,32,36)(H,33,37)/t23?,27-,28-,29+/m0/s1. The first kappa shape index (κ1) is 35.7. The fraction of sp³-hybridized carbons (Fsp3) is 0.484. The molecule has 2 heterocycles. The number of amides is 3. The van der Waals surface area contributed by atoms with E-state index in [1.54, 1.807) is 32.0 Å². The van der Waals surface area contributed by atoms with Crippen molar-refractivity contribution in [2.75, 3.05) is 43.6 Å². The smallest absolute Gasteiger partial charge is 0.318 e. The van der Waals surface area contributed by atoms with E-state index in [-0.39, 0.29) is 29.5 Å². The molecule has 2 aliphatic rings. The summed E-state index contributed by atoms with van der Waals surface area (Å²) in [6.07, 6.45) is 0.330. The second-order valence-corrected chi connectivity index (χ2v) is 16.3. The number of carbonyl (C=O) groups excluding carboxylic acids is 2. The first-order valence-electron chi connectivity index (χ1n) is 15.1. The second-order valence-electron chi connectivity index (χ2n) is 11.5. The molecule has 46 heavy (non-hydrogen) atoms. The number of morpholine rings is 1. The number of nitrogens with zero attached hydrogens (tertiary/aromatic N) is 1. The van der Waals surface area contributed by atoms with Gasteiger partial charge in [0.15, 0.2) is 19.7 Å². The van der Waals surface area contributed by atoms with Gasteiger partial charge < -0.3 is 20.3 Å². The van der Waals surface area contributed by atoms with Crippen LogP contribution in [0.3, 0.4) is 0 Å². The maximum absolute atomic E-state index is 13.9. The van der Waals surface area contributed by atoms with Crippen LogP contribution in [0.4, 0.5) is 4.79 Å². The summed E-state index contributed by atoms with van der Waals surface area (Å²) >= 11 is 4.65. The van der Waals surface area contributed by atoms with Crippen molar-refractivity contribution in [3.63, 3.8) is 0 Å². The molecular weight excluding hydrogens is 653 g/mol. The summed E-state index contributed by atoms with van der Waals surface area (Å²) < 4.78 is 58.7. The Labute approximate surface area is 276 Å². The first-order chi connectivity index (χ1) is 21.8. The van der Waals surface area contributed by atoms with Crippen LogP contribution in [0.25, 0.3) is 0 Å². The Balaban J connectivity index is 1.57. The summed E-state index contributed by atoms with van der Waals surface area (Å²) in [4.78, 5) is 34.0. The van der Waals surface area contributed by atoms with Gasteiger partial charge in [0.2, 0.25) is 5.91 Å². The number of hydrogen-bond donors (Lipinski definition) is 4. The number of hydrogen-bond acceptors (Lipinski definition) is 10. The van der Waals surface area contributed by atoms with Crippen molar-refractivity contribution in [1.82, 2.24) is 21.0 Å². The van der Waals surface area contributed by atoms with Crippen LogP contribution >= 0.6 is 12.6 Å². The van der Waals surface area contributed by atoms with Gasteiger partial charge in [-0.15, -0.1) is 0 Å². The van der Waals surface area contributed by atoms with Crippen LogP contribution in [0.5, 0.6) is 0 Å². The number of urea groups is 1. The molecule has 1 saturated heterocycles. The first-order valence-corrected chi connectivity index (χ1v) is 19.1. The Morgan fingerprint density at radius 3 is 2.22 bits per heavy atom. The Hall–Kier alpha value is -3.11. The fourth-order valence-electron chi connectivity index (χ4n) is 5.26. The van der Waals surface area contributed by atoms with E-state index < -0.39 is 60.8 Å². The van der Waals surface area contributed by atoms with Crippen molar-refractivity contribution in [2.45, 2.75) is 55.0 Å². The Kier molecular flexibility index (Phi) is 12.5. The predicted molar refractivity (Wildman–Crippen MR) is 178 cm³/mol. The number of carbonyl (C=O) groups is 2. The molecule has 15 heteroatoms. The van der Waals surface area contributed by atoms with Crippen LogP contribution in [0.15, 0.2) is 76.8 Å². The summed E-state index contributed by atoms with van der Waals surface area (Å²) in [5.41, 5.74) is 4.76. The third-order valence-corrected chi connectivity index (χ3v) is 12.1. The van der Waals surface area contributed by atoms with E-state index in [1.807, 2.05) is 30.3 Å². The van der Waals surface area contributed by atoms with Gasteiger partial charge in [0.1, 0.15) is 12.1 Å². The highest BCUT2D eigenvalue weighted by molar-refractivity contribution is 7.92. The maximum atomic E-state index is 13.9. The van der Waals surface area contributed by atoms with Crippen LogP contribution in [-0.4, -0.2) is 101 Å². The normalized spacial score (nSPS) is 19.2. The summed E-state index contributed by atoms with van der Waals surface area (Å²) in [7, 11) is -7.70. The van der Waals surface area contributed by atoms with Gasteiger partial charge in [-0.1, -0.05) is 48.5 Å². The van der Waals surface area contributed by atoms with Crippen molar-refractivity contribution >= 4 is 44.2 Å². The van der Waals surface area contributed by atoms with E-state index in [2.05, 4.69) is 28.7 Å². The number of sulfone groups is 2. The van der Waals surface area contributed by atoms with Crippen LogP contribution in [-0.2, 0) is 40.5 Å². The van der Waals surface area contributed by atoms with Crippen molar-refractivity contribution in [3.05, 3.63) is 77.5 Å². The molecule has 3 N–H and O–H groups in total. The highest BCUT2D eigenvalue weighted by Gasteiger charge is 2.35.